The number of hydrogen-bond donors (Lipinski definition) is 1. The van der Waals surface area contributed by atoms with Crippen molar-refractivity contribution in [3.8, 4) is 5.75 Å². The van der Waals surface area contributed by atoms with Crippen molar-refractivity contribution in [2.24, 2.45) is 0 Å². The van der Waals surface area contributed by atoms with Gasteiger partial charge in [-0.25, -0.2) is 17.8 Å². The van der Waals surface area contributed by atoms with Crippen LogP contribution in [0.15, 0.2) is 33.9 Å². The first-order valence-corrected chi connectivity index (χ1v) is 8.32. The fraction of sp³-hybridized carbons (Fsp3) is 0.167. The van der Waals surface area contributed by atoms with E-state index in [9.17, 15) is 12.8 Å². The second kappa shape index (κ2) is 5.94. The molecule has 1 N–H and O–H groups in total. The second-order valence-corrected chi connectivity index (χ2v) is 6.91. The summed E-state index contributed by atoms with van der Waals surface area (Å²) in [7, 11) is -2.09. The lowest BCUT2D eigenvalue weighted by Gasteiger charge is -2.08. The zero-order chi connectivity index (χ0) is 15.6. The molecule has 0 bridgehead atoms. The average Bonchev–Trinajstić information content (AvgIpc) is 2.39. The maximum atomic E-state index is 13.4. The summed E-state index contributed by atoms with van der Waals surface area (Å²) in [5.74, 6) is -0.151. The largest absolute Gasteiger partial charge is 0.497 e. The van der Waals surface area contributed by atoms with Gasteiger partial charge in [0.1, 0.15) is 11.6 Å². The minimum atomic E-state index is -3.51. The van der Waals surface area contributed by atoms with E-state index in [0.29, 0.717) is 11.4 Å². The molecular formula is C12H11BrFN3O3S. The molecule has 0 aliphatic rings. The SMILES string of the molecule is COc1cc(F)cc(Nc2ncc(Br)c(S(C)(=O)=O)n2)c1. The van der Waals surface area contributed by atoms with E-state index in [1.807, 2.05) is 0 Å². The predicted molar refractivity (Wildman–Crippen MR) is 79.1 cm³/mol. The van der Waals surface area contributed by atoms with E-state index in [1.54, 1.807) is 0 Å². The molecule has 1 heterocycles. The zero-order valence-electron chi connectivity index (χ0n) is 11.1. The summed E-state index contributed by atoms with van der Waals surface area (Å²) in [6.07, 6.45) is 2.34. The molecule has 0 saturated carbocycles. The minimum Gasteiger partial charge on any atom is -0.497 e. The summed E-state index contributed by atoms with van der Waals surface area (Å²) in [4.78, 5) is 7.84. The Bertz CT molecular complexity index is 783. The number of benzene rings is 1. The third-order valence-electron chi connectivity index (χ3n) is 2.43. The van der Waals surface area contributed by atoms with E-state index < -0.39 is 15.7 Å². The first-order valence-electron chi connectivity index (χ1n) is 5.64. The standard InChI is InChI=1S/C12H11BrFN3O3S/c1-20-9-4-7(14)3-8(5-9)16-12-15-6-10(13)11(17-12)21(2,18)19/h3-6H,1-2H3,(H,15,16,17). The van der Waals surface area contributed by atoms with Crippen molar-refractivity contribution in [2.45, 2.75) is 5.03 Å². The van der Waals surface area contributed by atoms with Crippen LogP contribution in [-0.4, -0.2) is 31.8 Å². The number of hydrogen-bond acceptors (Lipinski definition) is 6. The van der Waals surface area contributed by atoms with E-state index in [0.717, 1.165) is 6.26 Å². The maximum Gasteiger partial charge on any atom is 0.228 e. The molecule has 0 spiro atoms. The van der Waals surface area contributed by atoms with Crippen LogP contribution in [-0.2, 0) is 9.84 Å². The molecule has 0 amide bonds. The van der Waals surface area contributed by atoms with Gasteiger partial charge in [-0.3, -0.25) is 0 Å². The highest BCUT2D eigenvalue weighted by molar-refractivity contribution is 9.10. The van der Waals surface area contributed by atoms with Crippen LogP contribution in [0.2, 0.25) is 0 Å². The molecule has 0 saturated heterocycles. The van der Waals surface area contributed by atoms with Gasteiger partial charge in [-0.15, -0.1) is 0 Å². The predicted octanol–water partition coefficient (Wildman–Crippen LogP) is 2.53. The monoisotopic (exact) mass is 375 g/mol. The third kappa shape index (κ3) is 3.88. The van der Waals surface area contributed by atoms with Crippen molar-refractivity contribution >= 4 is 37.4 Å². The highest BCUT2D eigenvalue weighted by Crippen LogP contribution is 2.24. The molecule has 21 heavy (non-hydrogen) atoms. The van der Waals surface area contributed by atoms with Crippen LogP contribution in [0.5, 0.6) is 5.75 Å². The molecule has 2 rings (SSSR count). The van der Waals surface area contributed by atoms with Crippen molar-refractivity contribution in [2.75, 3.05) is 18.7 Å². The Balaban J connectivity index is 2.39. The quantitative estimate of drug-likeness (QED) is 0.826. The topological polar surface area (TPSA) is 81.2 Å². The number of ether oxygens (including phenoxy) is 1. The van der Waals surface area contributed by atoms with Gasteiger partial charge in [0, 0.05) is 30.3 Å². The van der Waals surface area contributed by atoms with E-state index in [4.69, 9.17) is 4.74 Å². The molecule has 1 aromatic heterocycles. The Morgan fingerprint density at radius 1 is 1.33 bits per heavy atom. The number of aromatic nitrogens is 2. The van der Waals surface area contributed by atoms with Crippen molar-refractivity contribution in [3.05, 3.63) is 34.7 Å². The molecule has 0 aliphatic heterocycles. The second-order valence-electron chi connectivity index (χ2n) is 4.12. The lowest BCUT2D eigenvalue weighted by molar-refractivity contribution is 0.411. The fourth-order valence-electron chi connectivity index (χ4n) is 1.55. The van der Waals surface area contributed by atoms with Crippen LogP contribution in [0.4, 0.5) is 16.0 Å². The zero-order valence-corrected chi connectivity index (χ0v) is 13.5. The van der Waals surface area contributed by atoms with Gasteiger partial charge < -0.3 is 10.1 Å². The molecule has 6 nitrogen and oxygen atoms in total. The van der Waals surface area contributed by atoms with Gasteiger partial charge >= 0.3 is 0 Å². The average molecular weight is 376 g/mol. The fourth-order valence-corrected chi connectivity index (χ4v) is 3.29. The van der Waals surface area contributed by atoms with Crippen LogP contribution in [0, 0.1) is 5.82 Å². The summed E-state index contributed by atoms with van der Waals surface area (Å²) in [6, 6.07) is 3.97. The molecule has 0 unspecified atom stereocenters. The summed E-state index contributed by atoms with van der Waals surface area (Å²) < 4.78 is 41.8. The van der Waals surface area contributed by atoms with Crippen LogP contribution in [0.3, 0.4) is 0 Å². The molecule has 112 valence electrons. The van der Waals surface area contributed by atoms with Crippen molar-refractivity contribution in [1.82, 2.24) is 9.97 Å². The minimum absolute atomic E-state index is 0.0336. The number of anilines is 2. The van der Waals surface area contributed by atoms with E-state index in [1.165, 1.54) is 31.5 Å². The van der Waals surface area contributed by atoms with Crippen molar-refractivity contribution in [3.63, 3.8) is 0 Å². The van der Waals surface area contributed by atoms with Gasteiger partial charge in [0.2, 0.25) is 5.95 Å². The van der Waals surface area contributed by atoms with Gasteiger partial charge in [0.15, 0.2) is 14.9 Å². The van der Waals surface area contributed by atoms with Gasteiger partial charge in [0.05, 0.1) is 11.6 Å². The van der Waals surface area contributed by atoms with Gasteiger partial charge in [-0.05, 0) is 22.0 Å². The number of halogens is 2. The third-order valence-corrected chi connectivity index (χ3v) is 4.28. The van der Waals surface area contributed by atoms with Gasteiger partial charge in [0.25, 0.3) is 0 Å². The lowest BCUT2D eigenvalue weighted by atomic mass is 10.3. The Labute approximate surface area is 129 Å². The van der Waals surface area contributed by atoms with E-state index >= 15 is 0 Å². The summed E-state index contributed by atoms with van der Waals surface area (Å²) in [5, 5.41) is 2.58. The summed E-state index contributed by atoms with van der Waals surface area (Å²) in [5.41, 5.74) is 0.341. The summed E-state index contributed by atoms with van der Waals surface area (Å²) in [6.45, 7) is 0. The van der Waals surface area contributed by atoms with Crippen LogP contribution >= 0.6 is 15.9 Å². The smallest absolute Gasteiger partial charge is 0.228 e. The number of sulfone groups is 1. The normalized spacial score (nSPS) is 11.2. The number of rotatable bonds is 4. The molecule has 2 aromatic rings. The first kappa shape index (κ1) is 15.6. The number of methoxy groups -OCH3 is 1. The molecular weight excluding hydrogens is 365 g/mol. The van der Waals surface area contributed by atoms with Crippen LogP contribution in [0.1, 0.15) is 0 Å². The number of nitrogens with one attached hydrogen (secondary N) is 1. The van der Waals surface area contributed by atoms with Crippen molar-refractivity contribution < 1.29 is 17.5 Å². The van der Waals surface area contributed by atoms with Crippen LogP contribution < -0.4 is 10.1 Å². The van der Waals surface area contributed by atoms with Crippen molar-refractivity contribution in [1.29, 1.82) is 0 Å². The molecule has 9 heteroatoms. The maximum absolute atomic E-state index is 13.4. The highest BCUT2D eigenvalue weighted by Gasteiger charge is 2.15. The van der Waals surface area contributed by atoms with Crippen LogP contribution in [0.25, 0.3) is 0 Å². The number of nitrogens with zero attached hydrogens (tertiary/aromatic N) is 2. The highest BCUT2D eigenvalue weighted by atomic mass is 79.9. The van der Waals surface area contributed by atoms with Gasteiger partial charge in [-0.2, -0.15) is 4.98 Å². The molecule has 0 aliphatic carbocycles. The molecule has 1 aromatic carbocycles. The Morgan fingerprint density at radius 2 is 2.05 bits per heavy atom. The van der Waals surface area contributed by atoms with E-state index in [2.05, 4.69) is 31.2 Å². The molecule has 0 radical (unpaired) electrons. The molecule has 0 fully saturated rings. The summed E-state index contributed by atoms with van der Waals surface area (Å²) >= 11 is 3.07. The van der Waals surface area contributed by atoms with Gasteiger partial charge in [-0.1, -0.05) is 0 Å². The van der Waals surface area contributed by atoms with E-state index in [-0.39, 0.29) is 15.4 Å². The Morgan fingerprint density at radius 3 is 2.67 bits per heavy atom. The molecule has 0 atom stereocenters. The lowest BCUT2D eigenvalue weighted by Crippen LogP contribution is -2.06. The Hall–Kier alpha value is -1.74. The Kier molecular flexibility index (Phi) is 4.43. The first-order chi connectivity index (χ1) is 9.79.